The van der Waals surface area contributed by atoms with E-state index in [9.17, 15) is 14.4 Å². The normalized spacial score (nSPS) is 15.7. The number of rotatable bonds is 8. The second kappa shape index (κ2) is 9.85. The van der Waals surface area contributed by atoms with Gasteiger partial charge in [0.1, 0.15) is 11.9 Å². The maximum atomic E-state index is 12.5. The first kappa shape index (κ1) is 22.5. The lowest BCUT2D eigenvalue weighted by Crippen LogP contribution is -2.44. The van der Waals surface area contributed by atoms with Gasteiger partial charge in [-0.05, 0) is 36.6 Å². The van der Waals surface area contributed by atoms with Crippen molar-refractivity contribution in [3.8, 4) is 0 Å². The van der Waals surface area contributed by atoms with E-state index >= 15 is 0 Å². The summed E-state index contributed by atoms with van der Waals surface area (Å²) in [4.78, 5) is 42.1. The predicted octanol–water partition coefficient (Wildman–Crippen LogP) is 2.88. The Morgan fingerprint density at radius 3 is 2.70 bits per heavy atom. The first-order valence-corrected chi connectivity index (χ1v) is 11.3. The SMILES string of the molecule is CC(C)Cn1c(CCCNC(=O)CC2NC(=O)c3ccccc3NC2=O)nc2ccccc21. The number of carbonyl (C=O) groups excluding carboxylic acids is 3. The van der Waals surface area contributed by atoms with Gasteiger partial charge in [0, 0.05) is 19.5 Å². The van der Waals surface area contributed by atoms with Crippen LogP contribution in [0, 0.1) is 5.92 Å². The van der Waals surface area contributed by atoms with Crippen molar-refractivity contribution < 1.29 is 14.4 Å². The Morgan fingerprint density at radius 1 is 1.12 bits per heavy atom. The summed E-state index contributed by atoms with van der Waals surface area (Å²) in [5, 5.41) is 8.23. The third-order valence-electron chi connectivity index (χ3n) is 5.62. The molecule has 2 heterocycles. The molecule has 3 amide bonds. The van der Waals surface area contributed by atoms with Gasteiger partial charge in [0.2, 0.25) is 11.8 Å². The summed E-state index contributed by atoms with van der Waals surface area (Å²) in [6.45, 7) is 5.72. The standard InChI is InChI=1S/C25H29N5O3/c1-16(2)15-30-21-11-6-5-10-19(21)27-22(30)12-7-13-26-23(31)14-20-25(33)28-18-9-4-3-8-17(18)24(32)29-20/h3-6,8-11,16,20H,7,12-15H2,1-2H3,(H,26,31)(H,28,33)(H,29,32). The van der Waals surface area contributed by atoms with Crippen LogP contribution >= 0.6 is 0 Å². The number of anilines is 1. The van der Waals surface area contributed by atoms with E-state index < -0.39 is 11.9 Å². The highest BCUT2D eigenvalue weighted by molar-refractivity contribution is 6.10. The fourth-order valence-electron chi connectivity index (χ4n) is 4.07. The molecule has 0 radical (unpaired) electrons. The third kappa shape index (κ3) is 5.22. The van der Waals surface area contributed by atoms with Gasteiger partial charge in [0.25, 0.3) is 5.91 Å². The summed E-state index contributed by atoms with van der Waals surface area (Å²) in [5.74, 6) is 0.453. The smallest absolute Gasteiger partial charge is 0.254 e. The van der Waals surface area contributed by atoms with Crippen LogP contribution in [-0.4, -0.2) is 39.9 Å². The molecule has 33 heavy (non-hydrogen) atoms. The van der Waals surface area contributed by atoms with Crippen LogP contribution in [0.4, 0.5) is 5.69 Å². The minimum atomic E-state index is -0.917. The topological polar surface area (TPSA) is 105 Å². The van der Waals surface area contributed by atoms with E-state index in [-0.39, 0.29) is 18.2 Å². The Balaban J connectivity index is 1.31. The number of fused-ring (bicyclic) bond motifs is 2. The molecule has 8 nitrogen and oxygen atoms in total. The minimum absolute atomic E-state index is 0.114. The molecule has 3 aromatic rings. The number of nitrogens with zero attached hydrogens (tertiary/aromatic N) is 2. The summed E-state index contributed by atoms with van der Waals surface area (Å²) in [5.41, 5.74) is 2.94. The largest absolute Gasteiger partial charge is 0.356 e. The molecule has 0 bridgehead atoms. The summed E-state index contributed by atoms with van der Waals surface area (Å²) < 4.78 is 2.25. The number of hydrogen-bond donors (Lipinski definition) is 3. The predicted molar refractivity (Wildman–Crippen MR) is 127 cm³/mol. The molecular weight excluding hydrogens is 418 g/mol. The van der Waals surface area contributed by atoms with E-state index in [1.807, 2.05) is 18.2 Å². The van der Waals surface area contributed by atoms with E-state index in [0.717, 1.165) is 36.2 Å². The number of aromatic nitrogens is 2. The van der Waals surface area contributed by atoms with Crippen molar-refractivity contribution >= 4 is 34.4 Å². The Bertz CT molecular complexity index is 1180. The highest BCUT2D eigenvalue weighted by Gasteiger charge is 2.29. The Kier molecular flexibility index (Phi) is 6.72. The van der Waals surface area contributed by atoms with Gasteiger partial charge < -0.3 is 20.5 Å². The molecule has 172 valence electrons. The van der Waals surface area contributed by atoms with Crippen LogP contribution in [0.15, 0.2) is 48.5 Å². The molecule has 2 aromatic carbocycles. The molecule has 0 saturated heterocycles. The minimum Gasteiger partial charge on any atom is -0.356 e. The van der Waals surface area contributed by atoms with Gasteiger partial charge in [-0.2, -0.15) is 0 Å². The van der Waals surface area contributed by atoms with E-state index in [2.05, 4.69) is 40.4 Å². The number of aryl methyl sites for hydroxylation is 1. The number of hydrogen-bond acceptors (Lipinski definition) is 4. The lowest BCUT2D eigenvalue weighted by molar-refractivity contribution is -0.125. The van der Waals surface area contributed by atoms with Crippen LogP contribution < -0.4 is 16.0 Å². The maximum absolute atomic E-state index is 12.5. The van der Waals surface area contributed by atoms with Gasteiger partial charge in [0.05, 0.1) is 28.7 Å². The number of amides is 3. The maximum Gasteiger partial charge on any atom is 0.254 e. The Hall–Kier alpha value is -3.68. The van der Waals surface area contributed by atoms with Crippen LogP contribution in [0.1, 0.15) is 42.9 Å². The fourth-order valence-corrected chi connectivity index (χ4v) is 4.07. The quantitative estimate of drug-likeness (QED) is 0.462. The molecule has 8 heteroatoms. The first-order chi connectivity index (χ1) is 15.9. The summed E-state index contributed by atoms with van der Waals surface area (Å²) >= 11 is 0. The van der Waals surface area contributed by atoms with Crippen molar-refractivity contribution in [2.24, 2.45) is 5.92 Å². The zero-order chi connectivity index (χ0) is 23.4. The first-order valence-electron chi connectivity index (χ1n) is 11.3. The fraction of sp³-hybridized carbons (Fsp3) is 0.360. The molecule has 1 aliphatic heterocycles. The van der Waals surface area contributed by atoms with Gasteiger partial charge in [-0.25, -0.2) is 4.98 Å². The van der Waals surface area contributed by atoms with Gasteiger partial charge in [-0.15, -0.1) is 0 Å². The van der Waals surface area contributed by atoms with E-state index in [1.54, 1.807) is 24.3 Å². The van der Waals surface area contributed by atoms with Crippen LogP contribution in [0.25, 0.3) is 11.0 Å². The Morgan fingerprint density at radius 2 is 1.88 bits per heavy atom. The van der Waals surface area contributed by atoms with Crippen LogP contribution in [0.2, 0.25) is 0 Å². The second-order valence-corrected chi connectivity index (χ2v) is 8.74. The van der Waals surface area contributed by atoms with Crippen LogP contribution in [0.5, 0.6) is 0 Å². The molecule has 1 atom stereocenters. The van der Waals surface area contributed by atoms with Crippen molar-refractivity contribution in [1.29, 1.82) is 0 Å². The van der Waals surface area contributed by atoms with E-state index in [4.69, 9.17) is 4.98 Å². The zero-order valence-corrected chi connectivity index (χ0v) is 18.9. The number of imidazole rings is 1. The van der Waals surface area contributed by atoms with Crippen molar-refractivity contribution in [3.05, 3.63) is 59.9 Å². The van der Waals surface area contributed by atoms with Crippen LogP contribution in [-0.2, 0) is 22.6 Å². The molecule has 1 aliphatic rings. The molecular formula is C25H29N5O3. The number of para-hydroxylation sites is 3. The molecule has 1 unspecified atom stereocenters. The monoisotopic (exact) mass is 447 g/mol. The van der Waals surface area contributed by atoms with Gasteiger partial charge in [-0.1, -0.05) is 38.1 Å². The number of benzene rings is 2. The summed E-state index contributed by atoms with van der Waals surface area (Å²) in [7, 11) is 0. The lowest BCUT2D eigenvalue weighted by Gasteiger charge is -2.14. The molecule has 0 aliphatic carbocycles. The van der Waals surface area contributed by atoms with Crippen LogP contribution in [0.3, 0.4) is 0 Å². The molecule has 3 N–H and O–H groups in total. The molecule has 4 rings (SSSR count). The summed E-state index contributed by atoms with van der Waals surface area (Å²) in [6.07, 6.45) is 1.34. The van der Waals surface area contributed by atoms with Gasteiger partial charge >= 0.3 is 0 Å². The van der Waals surface area contributed by atoms with E-state index in [1.165, 1.54) is 0 Å². The molecule has 0 spiro atoms. The van der Waals surface area contributed by atoms with Gasteiger partial charge in [-0.3, -0.25) is 14.4 Å². The molecule has 0 saturated carbocycles. The second-order valence-electron chi connectivity index (χ2n) is 8.74. The van der Waals surface area contributed by atoms with Crippen molar-refractivity contribution in [2.75, 3.05) is 11.9 Å². The van der Waals surface area contributed by atoms with E-state index in [0.29, 0.717) is 23.7 Å². The Labute approximate surface area is 192 Å². The highest BCUT2D eigenvalue weighted by atomic mass is 16.2. The highest BCUT2D eigenvalue weighted by Crippen LogP contribution is 2.20. The number of nitrogens with one attached hydrogen (secondary N) is 3. The average Bonchev–Trinajstić information content (AvgIpc) is 3.07. The molecule has 0 fully saturated rings. The number of carbonyl (C=O) groups is 3. The lowest BCUT2D eigenvalue weighted by atomic mass is 10.1. The average molecular weight is 448 g/mol. The van der Waals surface area contributed by atoms with Crippen molar-refractivity contribution in [2.45, 2.75) is 45.7 Å². The van der Waals surface area contributed by atoms with Crippen molar-refractivity contribution in [3.63, 3.8) is 0 Å². The third-order valence-corrected chi connectivity index (χ3v) is 5.62. The molecule has 1 aromatic heterocycles. The zero-order valence-electron chi connectivity index (χ0n) is 18.9. The van der Waals surface area contributed by atoms with Gasteiger partial charge in [0.15, 0.2) is 0 Å². The van der Waals surface area contributed by atoms with Crippen molar-refractivity contribution in [1.82, 2.24) is 20.2 Å². The summed E-state index contributed by atoms with van der Waals surface area (Å²) in [6, 6.07) is 14.0.